The van der Waals surface area contributed by atoms with Crippen LogP contribution in [0, 0.1) is 0 Å². The van der Waals surface area contributed by atoms with Crippen LogP contribution in [0.2, 0.25) is 0 Å². The molecule has 0 aliphatic heterocycles. The molecule has 106 valence electrons. The molecule has 0 heterocycles. The molecule has 0 fully saturated rings. The molecular weight excluding hydrogens is 248 g/mol. The minimum atomic E-state index is 0.136. The Labute approximate surface area is 121 Å². The SMILES string of the molecule is CCN(c1ccccc1)c1cc(N)cc(OC(C)C)c1. The van der Waals surface area contributed by atoms with Crippen molar-refractivity contribution in [3.8, 4) is 5.75 Å². The fourth-order valence-electron chi connectivity index (χ4n) is 2.22. The Balaban J connectivity index is 2.37. The van der Waals surface area contributed by atoms with E-state index in [-0.39, 0.29) is 6.10 Å². The number of rotatable bonds is 5. The van der Waals surface area contributed by atoms with Crippen LogP contribution in [-0.2, 0) is 0 Å². The zero-order chi connectivity index (χ0) is 14.5. The maximum Gasteiger partial charge on any atom is 0.123 e. The maximum atomic E-state index is 6.00. The average Bonchev–Trinajstić information content (AvgIpc) is 2.39. The Morgan fingerprint density at radius 3 is 2.35 bits per heavy atom. The number of para-hydroxylation sites is 1. The lowest BCUT2D eigenvalue weighted by Crippen LogP contribution is -2.16. The minimum absolute atomic E-state index is 0.136. The minimum Gasteiger partial charge on any atom is -0.491 e. The molecule has 0 amide bonds. The average molecular weight is 270 g/mol. The molecule has 0 atom stereocenters. The molecule has 0 saturated heterocycles. The van der Waals surface area contributed by atoms with Crippen LogP contribution in [0.15, 0.2) is 48.5 Å². The number of benzene rings is 2. The summed E-state index contributed by atoms with van der Waals surface area (Å²) < 4.78 is 5.76. The highest BCUT2D eigenvalue weighted by Gasteiger charge is 2.10. The molecular formula is C17H22N2O. The van der Waals surface area contributed by atoms with Gasteiger partial charge in [0.1, 0.15) is 5.75 Å². The molecule has 0 aliphatic carbocycles. The Morgan fingerprint density at radius 2 is 1.75 bits per heavy atom. The predicted octanol–water partition coefficient (Wildman–Crippen LogP) is 4.21. The van der Waals surface area contributed by atoms with E-state index < -0.39 is 0 Å². The molecule has 2 aromatic rings. The number of hydrogen-bond donors (Lipinski definition) is 1. The topological polar surface area (TPSA) is 38.5 Å². The molecule has 0 aromatic heterocycles. The molecule has 0 spiro atoms. The third-order valence-electron chi connectivity index (χ3n) is 2.98. The van der Waals surface area contributed by atoms with Crippen molar-refractivity contribution in [3.05, 3.63) is 48.5 Å². The van der Waals surface area contributed by atoms with Gasteiger partial charge in [-0.05, 0) is 39.0 Å². The Kier molecular flexibility index (Phi) is 4.51. The van der Waals surface area contributed by atoms with E-state index in [1.807, 2.05) is 50.2 Å². The van der Waals surface area contributed by atoms with Crippen molar-refractivity contribution in [3.63, 3.8) is 0 Å². The van der Waals surface area contributed by atoms with Crippen LogP contribution in [-0.4, -0.2) is 12.6 Å². The molecule has 0 saturated carbocycles. The Morgan fingerprint density at radius 1 is 1.05 bits per heavy atom. The fourth-order valence-corrected chi connectivity index (χ4v) is 2.22. The summed E-state index contributed by atoms with van der Waals surface area (Å²) in [4.78, 5) is 2.21. The van der Waals surface area contributed by atoms with Crippen molar-refractivity contribution in [2.75, 3.05) is 17.2 Å². The molecule has 2 aromatic carbocycles. The second-order valence-electron chi connectivity index (χ2n) is 5.01. The molecule has 20 heavy (non-hydrogen) atoms. The van der Waals surface area contributed by atoms with Crippen molar-refractivity contribution in [1.29, 1.82) is 0 Å². The summed E-state index contributed by atoms with van der Waals surface area (Å²) in [7, 11) is 0. The van der Waals surface area contributed by atoms with Gasteiger partial charge in [0.25, 0.3) is 0 Å². The molecule has 0 radical (unpaired) electrons. The van der Waals surface area contributed by atoms with Crippen molar-refractivity contribution in [2.24, 2.45) is 0 Å². The number of nitrogen functional groups attached to an aromatic ring is 1. The summed E-state index contributed by atoms with van der Waals surface area (Å²) in [5, 5.41) is 0. The van der Waals surface area contributed by atoms with Crippen LogP contribution in [0.25, 0.3) is 0 Å². The number of nitrogens with zero attached hydrogens (tertiary/aromatic N) is 1. The van der Waals surface area contributed by atoms with E-state index in [1.165, 1.54) is 0 Å². The zero-order valence-electron chi connectivity index (χ0n) is 12.3. The van der Waals surface area contributed by atoms with E-state index in [0.717, 1.165) is 23.7 Å². The molecule has 2 rings (SSSR count). The first kappa shape index (κ1) is 14.3. The number of nitrogens with two attached hydrogens (primary N) is 1. The van der Waals surface area contributed by atoms with Crippen LogP contribution in [0.1, 0.15) is 20.8 Å². The predicted molar refractivity (Wildman–Crippen MR) is 85.7 cm³/mol. The molecule has 3 nitrogen and oxygen atoms in total. The normalized spacial score (nSPS) is 10.6. The summed E-state index contributed by atoms with van der Waals surface area (Å²) in [6.45, 7) is 7.02. The van der Waals surface area contributed by atoms with E-state index in [1.54, 1.807) is 0 Å². The van der Waals surface area contributed by atoms with Gasteiger partial charge in [0.15, 0.2) is 0 Å². The van der Waals surface area contributed by atoms with E-state index in [2.05, 4.69) is 24.0 Å². The van der Waals surface area contributed by atoms with Gasteiger partial charge in [-0.3, -0.25) is 0 Å². The van der Waals surface area contributed by atoms with Crippen molar-refractivity contribution in [1.82, 2.24) is 0 Å². The molecule has 2 N–H and O–H groups in total. The lowest BCUT2D eigenvalue weighted by atomic mass is 10.2. The third kappa shape index (κ3) is 3.44. The van der Waals surface area contributed by atoms with Crippen LogP contribution in [0.4, 0.5) is 17.1 Å². The Bertz CT molecular complexity index is 552. The van der Waals surface area contributed by atoms with Crippen LogP contribution in [0.3, 0.4) is 0 Å². The molecule has 0 aliphatic rings. The van der Waals surface area contributed by atoms with Crippen LogP contribution >= 0.6 is 0 Å². The third-order valence-corrected chi connectivity index (χ3v) is 2.98. The van der Waals surface area contributed by atoms with E-state index in [0.29, 0.717) is 5.69 Å². The maximum absolute atomic E-state index is 6.00. The summed E-state index contributed by atoms with van der Waals surface area (Å²) in [5.74, 6) is 0.810. The molecule has 0 unspecified atom stereocenters. The standard InChI is InChI=1S/C17H22N2O/c1-4-19(15-8-6-5-7-9-15)16-10-14(18)11-17(12-16)20-13(2)3/h5-13H,4,18H2,1-3H3. The van der Waals surface area contributed by atoms with Gasteiger partial charge in [0.2, 0.25) is 0 Å². The number of hydrogen-bond acceptors (Lipinski definition) is 3. The first-order chi connectivity index (χ1) is 9.60. The number of ether oxygens (including phenoxy) is 1. The van der Waals surface area contributed by atoms with Gasteiger partial charge in [-0.25, -0.2) is 0 Å². The van der Waals surface area contributed by atoms with Crippen LogP contribution < -0.4 is 15.4 Å². The van der Waals surface area contributed by atoms with Crippen molar-refractivity contribution < 1.29 is 4.74 Å². The van der Waals surface area contributed by atoms with Crippen molar-refractivity contribution in [2.45, 2.75) is 26.9 Å². The highest BCUT2D eigenvalue weighted by molar-refractivity contribution is 5.68. The first-order valence-electron chi connectivity index (χ1n) is 7.00. The van der Waals surface area contributed by atoms with Gasteiger partial charge in [-0.2, -0.15) is 0 Å². The summed E-state index contributed by atoms with van der Waals surface area (Å²) in [6, 6.07) is 16.2. The summed E-state index contributed by atoms with van der Waals surface area (Å²) in [6.07, 6.45) is 0.136. The molecule has 3 heteroatoms. The van der Waals surface area contributed by atoms with Gasteiger partial charge >= 0.3 is 0 Å². The largest absolute Gasteiger partial charge is 0.491 e. The first-order valence-corrected chi connectivity index (χ1v) is 7.00. The second-order valence-corrected chi connectivity index (χ2v) is 5.01. The van der Waals surface area contributed by atoms with Gasteiger partial charge < -0.3 is 15.4 Å². The zero-order valence-corrected chi connectivity index (χ0v) is 12.3. The molecule has 0 bridgehead atoms. The van der Waals surface area contributed by atoms with E-state index in [4.69, 9.17) is 10.5 Å². The van der Waals surface area contributed by atoms with Gasteiger partial charge in [0, 0.05) is 35.7 Å². The van der Waals surface area contributed by atoms with E-state index >= 15 is 0 Å². The van der Waals surface area contributed by atoms with Crippen molar-refractivity contribution >= 4 is 17.1 Å². The Hall–Kier alpha value is -2.16. The monoisotopic (exact) mass is 270 g/mol. The summed E-state index contributed by atoms with van der Waals surface area (Å²) >= 11 is 0. The lowest BCUT2D eigenvalue weighted by molar-refractivity contribution is 0.242. The van der Waals surface area contributed by atoms with Gasteiger partial charge in [-0.15, -0.1) is 0 Å². The highest BCUT2D eigenvalue weighted by atomic mass is 16.5. The van der Waals surface area contributed by atoms with E-state index in [9.17, 15) is 0 Å². The summed E-state index contributed by atoms with van der Waals surface area (Å²) in [5.41, 5.74) is 8.91. The lowest BCUT2D eigenvalue weighted by Gasteiger charge is -2.24. The second kappa shape index (κ2) is 6.33. The van der Waals surface area contributed by atoms with Gasteiger partial charge in [0.05, 0.1) is 6.10 Å². The quantitative estimate of drug-likeness (QED) is 0.827. The fraction of sp³-hybridized carbons (Fsp3) is 0.294. The van der Waals surface area contributed by atoms with Crippen LogP contribution in [0.5, 0.6) is 5.75 Å². The smallest absolute Gasteiger partial charge is 0.123 e. The van der Waals surface area contributed by atoms with Gasteiger partial charge in [-0.1, -0.05) is 18.2 Å². The highest BCUT2D eigenvalue weighted by Crippen LogP contribution is 2.31. The number of anilines is 3.